The zero-order chi connectivity index (χ0) is 20.4. The first-order valence-corrected chi connectivity index (χ1v) is 8.87. The van der Waals surface area contributed by atoms with Crippen LogP contribution in [0.3, 0.4) is 0 Å². The highest BCUT2D eigenvalue weighted by molar-refractivity contribution is 5.92. The van der Waals surface area contributed by atoms with Crippen molar-refractivity contribution in [3.05, 3.63) is 66.1 Å². The van der Waals surface area contributed by atoms with Crippen molar-refractivity contribution in [1.82, 2.24) is 24.9 Å². The number of carbonyl (C=O) groups excluding carboxylic acids is 1. The van der Waals surface area contributed by atoms with Crippen LogP contribution < -0.4 is 4.74 Å². The Hall–Kier alpha value is -3.43. The van der Waals surface area contributed by atoms with E-state index in [0.29, 0.717) is 13.0 Å². The van der Waals surface area contributed by atoms with Gasteiger partial charge in [0.1, 0.15) is 6.10 Å². The fraction of sp³-hybridized carbons (Fsp3) is 0.263. The van der Waals surface area contributed by atoms with Gasteiger partial charge in [-0.25, -0.2) is 4.98 Å². The first-order valence-electron chi connectivity index (χ1n) is 8.87. The zero-order valence-electron chi connectivity index (χ0n) is 15.1. The second-order valence-corrected chi connectivity index (χ2v) is 6.52. The molecule has 0 saturated carbocycles. The molecule has 1 fully saturated rings. The number of hydrogen-bond donors (Lipinski definition) is 0. The zero-order valence-corrected chi connectivity index (χ0v) is 15.1. The second kappa shape index (κ2) is 7.53. The summed E-state index contributed by atoms with van der Waals surface area (Å²) in [5.74, 6) is -0.426. The van der Waals surface area contributed by atoms with Crippen LogP contribution in [0.4, 0.5) is 13.2 Å². The van der Waals surface area contributed by atoms with Crippen molar-refractivity contribution in [1.29, 1.82) is 0 Å². The largest absolute Gasteiger partial charge is 0.472 e. The molecular formula is C19H16F3N5O2. The van der Waals surface area contributed by atoms with Gasteiger partial charge in [-0.15, -0.1) is 5.10 Å². The van der Waals surface area contributed by atoms with E-state index < -0.39 is 17.8 Å². The van der Waals surface area contributed by atoms with Gasteiger partial charge in [-0.1, -0.05) is 18.2 Å². The molecular weight excluding hydrogens is 387 g/mol. The van der Waals surface area contributed by atoms with Crippen LogP contribution in [0, 0.1) is 0 Å². The molecule has 1 saturated heterocycles. The molecule has 2 aromatic heterocycles. The molecule has 0 radical (unpaired) electrons. The molecule has 1 aliphatic heterocycles. The number of hydrogen-bond acceptors (Lipinski definition) is 5. The smallest absolute Gasteiger partial charge is 0.416 e. The summed E-state index contributed by atoms with van der Waals surface area (Å²) >= 11 is 0. The maximum absolute atomic E-state index is 12.8. The molecule has 1 aliphatic rings. The molecule has 10 heteroatoms. The van der Waals surface area contributed by atoms with Gasteiger partial charge in [0.15, 0.2) is 5.69 Å². The fourth-order valence-corrected chi connectivity index (χ4v) is 3.04. The van der Waals surface area contributed by atoms with Crippen molar-refractivity contribution in [2.45, 2.75) is 18.7 Å². The van der Waals surface area contributed by atoms with Crippen LogP contribution in [0.2, 0.25) is 0 Å². The Morgan fingerprint density at radius 3 is 2.72 bits per heavy atom. The highest BCUT2D eigenvalue weighted by Gasteiger charge is 2.33. The molecule has 0 aliphatic carbocycles. The van der Waals surface area contributed by atoms with E-state index in [1.807, 2.05) is 30.3 Å². The number of amides is 1. The van der Waals surface area contributed by atoms with Gasteiger partial charge in [0.2, 0.25) is 5.88 Å². The molecule has 7 nitrogen and oxygen atoms in total. The predicted octanol–water partition coefficient (Wildman–Crippen LogP) is 2.97. The van der Waals surface area contributed by atoms with E-state index in [1.54, 1.807) is 0 Å². The third-order valence-electron chi connectivity index (χ3n) is 4.48. The van der Waals surface area contributed by atoms with E-state index in [1.165, 1.54) is 15.9 Å². The monoisotopic (exact) mass is 403 g/mol. The number of nitrogens with zero attached hydrogens (tertiary/aromatic N) is 5. The first-order chi connectivity index (χ1) is 13.9. The van der Waals surface area contributed by atoms with E-state index in [9.17, 15) is 18.0 Å². The molecule has 3 aromatic rings. The van der Waals surface area contributed by atoms with Crippen molar-refractivity contribution in [2.24, 2.45) is 0 Å². The maximum atomic E-state index is 12.8. The van der Waals surface area contributed by atoms with Gasteiger partial charge in [-0.05, 0) is 18.2 Å². The molecule has 150 valence electrons. The lowest BCUT2D eigenvalue weighted by atomic mass is 10.2. The quantitative estimate of drug-likeness (QED) is 0.670. The lowest BCUT2D eigenvalue weighted by Crippen LogP contribution is -2.31. The molecule has 0 spiro atoms. The number of alkyl halides is 3. The number of halogens is 3. The number of para-hydroxylation sites is 1. The topological polar surface area (TPSA) is 73.1 Å². The van der Waals surface area contributed by atoms with Crippen molar-refractivity contribution in [3.8, 4) is 11.6 Å². The van der Waals surface area contributed by atoms with Gasteiger partial charge in [0.05, 0.1) is 24.0 Å². The van der Waals surface area contributed by atoms with Crippen LogP contribution in [-0.2, 0) is 6.18 Å². The van der Waals surface area contributed by atoms with Gasteiger partial charge in [-0.3, -0.25) is 4.79 Å². The van der Waals surface area contributed by atoms with E-state index in [2.05, 4.69) is 15.2 Å². The lowest BCUT2D eigenvalue weighted by molar-refractivity contribution is -0.137. The third-order valence-corrected chi connectivity index (χ3v) is 4.48. The molecule has 3 heterocycles. The van der Waals surface area contributed by atoms with Crippen LogP contribution in [0.15, 0.2) is 54.9 Å². The molecule has 0 unspecified atom stereocenters. The number of benzene rings is 1. The van der Waals surface area contributed by atoms with Crippen LogP contribution >= 0.6 is 0 Å². The summed E-state index contributed by atoms with van der Waals surface area (Å²) < 4.78 is 44.0. The molecule has 1 amide bonds. The average molecular weight is 403 g/mol. The number of ether oxygens (including phenoxy) is 1. The predicted molar refractivity (Wildman–Crippen MR) is 95.5 cm³/mol. The normalized spacial score (nSPS) is 16.8. The van der Waals surface area contributed by atoms with Gasteiger partial charge in [0, 0.05) is 25.2 Å². The molecule has 1 aromatic carbocycles. The average Bonchev–Trinajstić information content (AvgIpc) is 3.38. The standard InChI is InChI=1S/C19H16F3N5O2/c20-19(21,22)13-6-8-23-17(10-13)29-15-7-9-26(12-15)18(28)16-11-24-27(25-16)14-4-2-1-3-5-14/h1-6,8,10-11,15H,7,9,12H2/t15-/m1/s1. The minimum atomic E-state index is -4.47. The second-order valence-electron chi connectivity index (χ2n) is 6.52. The highest BCUT2D eigenvalue weighted by atomic mass is 19.4. The van der Waals surface area contributed by atoms with E-state index in [4.69, 9.17) is 4.74 Å². The third kappa shape index (κ3) is 4.20. The number of rotatable bonds is 4. The Labute approximate surface area is 163 Å². The molecule has 29 heavy (non-hydrogen) atoms. The first kappa shape index (κ1) is 18.9. The summed E-state index contributed by atoms with van der Waals surface area (Å²) in [5, 5.41) is 8.32. The number of likely N-dealkylation sites (tertiary alicyclic amines) is 1. The Kier molecular flexibility index (Phi) is 4.91. The van der Waals surface area contributed by atoms with Crippen LogP contribution in [0.5, 0.6) is 5.88 Å². The SMILES string of the molecule is O=C(c1cnn(-c2ccccc2)n1)N1CC[C@@H](Oc2cc(C(F)(F)F)ccn2)C1. The molecule has 1 atom stereocenters. The number of pyridine rings is 1. The van der Waals surface area contributed by atoms with E-state index >= 15 is 0 Å². The summed E-state index contributed by atoms with van der Waals surface area (Å²) in [4.78, 5) is 19.4. The summed E-state index contributed by atoms with van der Waals surface area (Å²) in [6, 6.07) is 10.9. The van der Waals surface area contributed by atoms with E-state index in [-0.39, 0.29) is 24.0 Å². The molecule has 0 N–H and O–H groups in total. The van der Waals surface area contributed by atoms with Crippen molar-refractivity contribution in [3.63, 3.8) is 0 Å². The Morgan fingerprint density at radius 1 is 1.17 bits per heavy atom. The fourth-order valence-electron chi connectivity index (χ4n) is 3.04. The minimum absolute atomic E-state index is 0.117. The lowest BCUT2D eigenvalue weighted by Gasteiger charge is -2.16. The number of aromatic nitrogens is 4. The summed E-state index contributed by atoms with van der Waals surface area (Å²) in [7, 11) is 0. The summed E-state index contributed by atoms with van der Waals surface area (Å²) in [6.45, 7) is 0.635. The highest BCUT2D eigenvalue weighted by Crippen LogP contribution is 2.31. The van der Waals surface area contributed by atoms with Gasteiger partial charge >= 0.3 is 6.18 Å². The van der Waals surface area contributed by atoms with Gasteiger partial charge in [-0.2, -0.15) is 23.1 Å². The summed E-state index contributed by atoms with van der Waals surface area (Å²) in [6.07, 6.45) is -1.99. The van der Waals surface area contributed by atoms with Crippen molar-refractivity contribution < 1.29 is 22.7 Å². The molecule has 4 rings (SSSR count). The maximum Gasteiger partial charge on any atom is 0.416 e. The Balaban J connectivity index is 1.40. The summed E-state index contributed by atoms with van der Waals surface area (Å²) in [5.41, 5.74) is 0.0856. The van der Waals surface area contributed by atoms with E-state index in [0.717, 1.165) is 24.0 Å². The van der Waals surface area contributed by atoms with Crippen molar-refractivity contribution >= 4 is 5.91 Å². The van der Waals surface area contributed by atoms with Crippen LogP contribution in [0.25, 0.3) is 5.69 Å². The van der Waals surface area contributed by atoms with Crippen LogP contribution in [0.1, 0.15) is 22.5 Å². The minimum Gasteiger partial charge on any atom is -0.472 e. The van der Waals surface area contributed by atoms with Crippen molar-refractivity contribution in [2.75, 3.05) is 13.1 Å². The number of carbonyl (C=O) groups is 1. The van der Waals surface area contributed by atoms with Gasteiger partial charge < -0.3 is 9.64 Å². The molecule has 0 bridgehead atoms. The Morgan fingerprint density at radius 2 is 1.97 bits per heavy atom. The van der Waals surface area contributed by atoms with Gasteiger partial charge in [0.25, 0.3) is 5.91 Å². The Bertz CT molecular complexity index is 1010. The van der Waals surface area contributed by atoms with Crippen LogP contribution in [-0.4, -0.2) is 50.0 Å².